The molecule has 0 aromatic rings. The standard InChI is InChI=1S/C9H12F6O2/c1-3-17-5-6(2)4-7(16,8(10,11)12)9(13,14)15/h3,6,16H,1,4-5H2,2H3. The number of rotatable bonds is 5. The van der Waals surface area contributed by atoms with Crippen molar-refractivity contribution in [2.75, 3.05) is 6.61 Å². The van der Waals surface area contributed by atoms with Crippen molar-refractivity contribution < 1.29 is 36.2 Å². The van der Waals surface area contributed by atoms with Crippen LogP contribution in [0, 0.1) is 5.92 Å². The van der Waals surface area contributed by atoms with Crippen molar-refractivity contribution >= 4 is 0 Å². The smallest absolute Gasteiger partial charge is 0.426 e. The molecule has 0 rings (SSSR count). The minimum Gasteiger partial charge on any atom is -0.502 e. The lowest BCUT2D eigenvalue weighted by atomic mass is 9.90. The molecule has 0 aromatic heterocycles. The first-order valence-corrected chi connectivity index (χ1v) is 4.54. The Kier molecular flexibility index (Phi) is 4.88. The van der Waals surface area contributed by atoms with Gasteiger partial charge in [-0.25, -0.2) is 0 Å². The molecule has 0 aliphatic carbocycles. The Hall–Kier alpha value is -0.920. The predicted octanol–water partition coefficient (Wildman–Crippen LogP) is 3.03. The van der Waals surface area contributed by atoms with E-state index in [4.69, 9.17) is 5.11 Å². The topological polar surface area (TPSA) is 29.5 Å². The van der Waals surface area contributed by atoms with Crippen molar-refractivity contribution in [1.82, 2.24) is 0 Å². The molecule has 1 atom stereocenters. The molecule has 0 amide bonds. The molecule has 0 saturated carbocycles. The maximum atomic E-state index is 12.3. The van der Waals surface area contributed by atoms with Crippen LogP contribution < -0.4 is 0 Å². The van der Waals surface area contributed by atoms with Crippen LogP contribution in [0.2, 0.25) is 0 Å². The van der Waals surface area contributed by atoms with Crippen molar-refractivity contribution in [3.63, 3.8) is 0 Å². The third-order valence-corrected chi connectivity index (χ3v) is 2.08. The first-order valence-electron chi connectivity index (χ1n) is 4.54. The summed E-state index contributed by atoms with van der Waals surface area (Å²) < 4.78 is 78.0. The molecule has 8 heteroatoms. The highest BCUT2D eigenvalue weighted by atomic mass is 19.4. The third kappa shape index (κ3) is 3.79. The normalized spacial score (nSPS) is 15.5. The van der Waals surface area contributed by atoms with E-state index < -0.39 is 36.9 Å². The van der Waals surface area contributed by atoms with Gasteiger partial charge in [-0.15, -0.1) is 0 Å². The van der Waals surface area contributed by atoms with Crippen LogP contribution in [0.3, 0.4) is 0 Å². The van der Waals surface area contributed by atoms with Gasteiger partial charge < -0.3 is 9.84 Å². The number of alkyl halides is 6. The molecular formula is C9H12F6O2. The van der Waals surface area contributed by atoms with E-state index in [1.54, 1.807) is 0 Å². The Bertz CT molecular complexity index is 243. The van der Waals surface area contributed by atoms with Gasteiger partial charge in [0.1, 0.15) is 0 Å². The largest absolute Gasteiger partial charge is 0.502 e. The van der Waals surface area contributed by atoms with Crippen molar-refractivity contribution in [3.8, 4) is 0 Å². The summed E-state index contributed by atoms with van der Waals surface area (Å²) in [6.07, 6.45) is -12.2. The van der Waals surface area contributed by atoms with E-state index in [0.29, 0.717) is 0 Å². The molecule has 0 aliphatic rings. The lowest BCUT2D eigenvalue weighted by molar-refractivity contribution is -0.372. The Balaban J connectivity index is 4.92. The fourth-order valence-electron chi connectivity index (χ4n) is 1.19. The van der Waals surface area contributed by atoms with Gasteiger partial charge in [-0.1, -0.05) is 13.5 Å². The monoisotopic (exact) mass is 266 g/mol. The molecule has 1 N–H and O–H groups in total. The molecule has 0 spiro atoms. The van der Waals surface area contributed by atoms with Crippen LogP contribution in [0.15, 0.2) is 12.8 Å². The highest BCUT2D eigenvalue weighted by Gasteiger charge is 2.70. The van der Waals surface area contributed by atoms with Crippen LogP contribution in [-0.2, 0) is 4.74 Å². The second-order valence-electron chi connectivity index (χ2n) is 3.67. The van der Waals surface area contributed by atoms with Gasteiger partial charge in [-0.3, -0.25) is 0 Å². The van der Waals surface area contributed by atoms with Crippen molar-refractivity contribution in [2.24, 2.45) is 5.92 Å². The summed E-state index contributed by atoms with van der Waals surface area (Å²) in [5.41, 5.74) is -4.72. The van der Waals surface area contributed by atoms with Gasteiger partial charge in [0.15, 0.2) is 0 Å². The maximum Gasteiger partial charge on any atom is 0.426 e. The third-order valence-electron chi connectivity index (χ3n) is 2.08. The van der Waals surface area contributed by atoms with Gasteiger partial charge >= 0.3 is 12.4 Å². The van der Waals surface area contributed by atoms with Crippen LogP contribution in [0.1, 0.15) is 13.3 Å². The van der Waals surface area contributed by atoms with Crippen LogP contribution in [-0.4, -0.2) is 29.7 Å². The highest BCUT2D eigenvalue weighted by molar-refractivity contribution is 4.94. The molecular weight excluding hydrogens is 254 g/mol. The minimum absolute atomic E-state index is 0.391. The molecule has 0 saturated heterocycles. The van der Waals surface area contributed by atoms with Crippen molar-refractivity contribution in [3.05, 3.63) is 12.8 Å². The molecule has 1 unspecified atom stereocenters. The molecule has 102 valence electrons. The van der Waals surface area contributed by atoms with Gasteiger partial charge in [0.05, 0.1) is 12.9 Å². The van der Waals surface area contributed by atoms with Crippen LogP contribution in [0.4, 0.5) is 26.3 Å². The molecule has 0 heterocycles. The second kappa shape index (κ2) is 5.16. The van der Waals surface area contributed by atoms with Gasteiger partial charge in [0.2, 0.25) is 0 Å². The lowest BCUT2D eigenvalue weighted by Gasteiger charge is -2.34. The van der Waals surface area contributed by atoms with E-state index in [1.165, 1.54) is 0 Å². The molecule has 0 aromatic carbocycles. The van der Waals surface area contributed by atoms with E-state index in [9.17, 15) is 26.3 Å². The predicted molar refractivity (Wildman–Crippen MR) is 47.0 cm³/mol. The van der Waals surface area contributed by atoms with Gasteiger partial charge in [-0.05, 0) is 5.92 Å². The van der Waals surface area contributed by atoms with E-state index in [2.05, 4.69) is 11.3 Å². The molecule has 0 aliphatic heterocycles. The highest BCUT2D eigenvalue weighted by Crippen LogP contribution is 2.46. The quantitative estimate of drug-likeness (QED) is 0.612. The number of hydrogen-bond donors (Lipinski definition) is 1. The van der Waals surface area contributed by atoms with Crippen molar-refractivity contribution in [2.45, 2.75) is 31.3 Å². The van der Waals surface area contributed by atoms with E-state index in [-0.39, 0.29) is 0 Å². The summed E-state index contributed by atoms with van der Waals surface area (Å²) in [6, 6.07) is 0. The molecule has 2 nitrogen and oxygen atoms in total. The summed E-state index contributed by atoms with van der Waals surface area (Å²) in [5, 5.41) is 8.82. The summed E-state index contributed by atoms with van der Waals surface area (Å²) in [4.78, 5) is 0. The first-order chi connectivity index (χ1) is 7.45. The Morgan fingerprint density at radius 3 is 1.88 bits per heavy atom. The zero-order valence-corrected chi connectivity index (χ0v) is 8.90. The second-order valence-corrected chi connectivity index (χ2v) is 3.67. The van der Waals surface area contributed by atoms with E-state index >= 15 is 0 Å². The Labute approximate surface area is 93.9 Å². The Morgan fingerprint density at radius 2 is 1.59 bits per heavy atom. The molecule has 0 bridgehead atoms. The fraction of sp³-hybridized carbons (Fsp3) is 0.778. The maximum absolute atomic E-state index is 12.3. The Morgan fingerprint density at radius 1 is 1.18 bits per heavy atom. The lowest BCUT2D eigenvalue weighted by Crippen LogP contribution is -2.57. The number of hydrogen-bond acceptors (Lipinski definition) is 2. The van der Waals surface area contributed by atoms with Gasteiger partial charge in [0, 0.05) is 6.42 Å². The zero-order valence-electron chi connectivity index (χ0n) is 8.90. The average Bonchev–Trinajstić information content (AvgIpc) is 2.10. The summed E-state index contributed by atoms with van der Waals surface area (Å²) in [5.74, 6) is -1.14. The fourth-order valence-corrected chi connectivity index (χ4v) is 1.19. The first kappa shape index (κ1) is 16.1. The van der Waals surface area contributed by atoms with E-state index in [0.717, 1.165) is 13.2 Å². The molecule has 0 fully saturated rings. The summed E-state index contributed by atoms with van der Waals surface area (Å²) >= 11 is 0. The van der Waals surface area contributed by atoms with Crippen LogP contribution in [0.5, 0.6) is 0 Å². The summed E-state index contributed by atoms with van der Waals surface area (Å²) in [7, 11) is 0. The minimum atomic E-state index is -5.78. The van der Waals surface area contributed by atoms with Crippen LogP contribution in [0.25, 0.3) is 0 Å². The number of ether oxygens (including phenoxy) is 1. The molecule has 17 heavy (non-hydrogen) atoms. The number of halogens is 6. The van der Waals surface area contributed by atoms with Gasteiger partial charge in [0.25, 0.3) is 5.60 Å². The SMILES string of the molecule is C=COCC(C)CC(O)(C(F)(F)F)C(F)(F)F. The van der Waals surface area contributed by atoms with Crippen molar-refractivity contribution in [1.29, 1.82) is 0 Å². The summed E-state index contributed by atoms with van der Waals surface area (Å²) in [6.45, 7) is 3.81. The number of aliphatic hydroxyl groups is 1. The van der Waals surface area contributed by atoms with Crippen LogP contribution >= 0.6 is 0 Å². The van der Waals surface area contributed by atoms with E-state index in [1.807, 2.05) is 0 Å². The zero-order chi connectivity index (χ0) is 13.9. The van der Waals surface area contributed by atoms with Gasteiger partial charge in [-0.2, -0.15) is 26.3 Å². The molecule has 0 radical (unpaired) electrons. The average molecular weight is 266 g/mol.